The van der Waals surface area contributed by atoms with E-state index in [-0.39, 0.29) is 17.0 Å². The van der Waals surface area contributed by atoms with Gasteiger partial charge < -0.3 is 21.7 Å². The Morgan fingerprint density at radius 1 is 0.920 bits per heavy atom. The van der Waals surface area contributed by atoms with E-state index in [4.69, 9.17) is 21.7 Å². The Morgan fingerprint density at radius 2 is 1.40 bits per heavy atom. The molecule has 1 unspecified atom stereocenters. The molecule has 0 saturated carbocycles. The molecule has 2 aromatic carbocycles. The number of hydrogen-bond acceptors (Lipinski definition) is 4. The maximum Gasteiger partial charge on any atom is 0.337 e. The first-order chi connectivity index (χ1) is 11.8. The van der Waals surface area contributed by atoms with E-state index in [0.29, 0.717) is 24.2 Å². The number of carbonyl (C=O) groups is 2. The van der Waals surface area contributed by atoms with Gasteiger partial charge in [0.15, 0.2) is 0 Å². The zero-order valence-corrected chi connectivity index (χ0v) is 14.0. The quantitative estimate of drug-likeness (QED) is 0.573. The van der Waals surface area contributed by atoms with E-state index >= 15 is 0 Å². The van der Waals surface area contributed by atoms with Crippen LogP contribution in [0.5, 0.6) is 0 Å². The maximum absolute atomic E-state index is 11.2. The number of nitrogens with two attached hydrogens (primary N) is 2. The summed E-state index contributed by atoms with van der Waals surface area (Å²) >= 11 is 0. The van der Waals surface area contributed by atoms with Crippen LogP contribution >= 0.6 is 0 Å². The van der Waals surface area contributed by atoms with Gasteiger partial charge in [-0.05, 0) is 48.4 Å². The van der Waals surface area contributed by atoms with Gasteiger partial charge in [0, 0.05) is 11.4 Å². The van der Waals surface area contributed by atoms with Crippen molar-refractivity contribution in [2.45, 2.75) is 26.2 Å². The number of rotatable bonds is 7. The fourth-order valence-electron chi connectivity index (χ4n) is 2.87. The van der Waals surface area contributed by atoms with Gasteiger partial charge in [0.2, 0.25) is 0 Å². The molecule has 0 aliphatic rings. The Bertz CT molecular complexity index is 802. The van der Waals surface area contributed by atoms with Crippen molar-refractivity contribution in [3.05, 3.63) is 58.7 Å². The maximum atomic E-state index is 11.2. The molecule has 0 fully saturated rings. The number of benzene rings is 2. The summed E-state index contributed by atoms with van der Waals surface area (Å²) in [5.74, 6) is -1.84. The zero-order chi connectivity index (χ0) is 18.6. The molecule has 1 atom stereocenters. The second kappa shape index (κ2) is 7.70. The van der Waals surface area contributed by atoms with Crippen molar-refractivity contribution in [2.75, 3.05) is 11.5 Å². The van der Waals surface area contributed by atoms with E-state index in [0.717, 1.165) is 17.5 Å². The van der Waals surface area contributed by atoms with Gasteiger partial charge in [0.05, 0.1) is 11.1 Å². The smallest absolute Gasteiger partial charge is 0.337 e. The van der Waals surface area contributed by atoms with Gasteiger partial charge in [0.25, 0.3) is 0 Å². The van der Waals surface area contributed by atoms with Crippen molar-refractivity contribution in [2.24, 2.45) is 5.92 Å². The van der Waals surface area contributed by atoms with E-state index in [9.17, 15) is 9.59 Å². The van der Waals surface area contributed by atoms with E-state index in [2.05, 4.69) is 0 Å². The molecule has 0 aliphatic heterocycles. The molecular formula is C19H22N2O4. The summed E-state index contributed by atoms with van der Waals surface area (Å²) in [4.78, 5) is 22.3. The minimum Gasteiger partial charge on any atom is -0.478 e. The first kappa shape index (κ1) is 18.3. The van der Waals surface area contributed by atoms with Gasteiger partial charge in [-0.15, -0.1) is 0 Å². The number of aryl methyl sites for hydroxylation is 1. The topological polar surface area (TPSA) is 127 Å². The third kappa shape index (κ3) is 4.29. The third-order valence-corrected chi connectivity index (χ3v) is 4.33. The zero-order valence-electron chi connectivity index (χ0n) is 14.0. The molecular weight excluding hydrogens is 320 g/mol. The van der Waals surface area contributed by atoms with Crippen LogP contribution in [0.25, 0.3) is 0 Å². The molecule has 0 heterocycles. The Labute approximate surface area is 146 Å². The average Bonchev–Trinajstić information content (AvgIpc) is 2.55. The van der Waals surface area contributed by atoms with Crippen molar-refractivity contribution >= 4 is 23.3 Å². The highest BCUT2D eigenvalue weighted by molar-refractivity contribution is 5.95. The Morgan fingerprint density at radius 3 is 1.92 bits per heavy atom. The molecule has 6 heteroatoms. The second-order valence-electron chi connectivity index (χ2n) is 6.22. The van der Waals surface area contributed by atoms with Gasteiger partial charge in [-0.1, -0.05) is 31.2 Å². The average molecular weight is 342 g/mol. The number of para-hydroxylation sites is 2. The highest BCUT2D eigenvalue weighted by Gasteiger charge is 2.15. The van der Waals surface area contributed by atoms with Crippen molar-refractivity contribution in [1.29, 1.82) is 0 Å². The lowest BCUT2D eigenvalue weighted by Crippen LogP contribution is -2.10. The highest BCUT2D eigenvalue weighted by atomic mass is 16.4. The number of anilines is 2. The van der Waals surface area contributed by atoms with Crippen LogP contribution in [0, 0.1) is 5.92 Å². The van der Waals surface area contributed by atoms with Crippen LogP contribution in [0.2, 0.25) is 0 Å². The first-order valence-corrected chi connectivity index (χ1v) is 8.02. The van der Waals surface area contributed by atoms with Gasteiger partial charge >= 0.3 is 11.9 Å². The molecule has 0 saturated heterocycles. The normalized spacial score (nSPS) is 11.9. The monoisotopic (exact) mass is 342 g/mol. The van der Waals surface area contributed by atoms with Crippen LogP contribution in [-0.4, -0.2) is 22.2 Å². The van der Waals surface area contributed by atoms with Crippen molar-refractivity contribution in [3.63, 3.8) is 0 Å². The molecule has 0 bridgehead atoms. The summed E-state index contributed by atoms with van der Waals surface area (Å²) in [5, 5.41) is 18.3. The van der Waals surface area contributed by atoms with Crippen LogP contribution in [0.15, 0.2) is 36.4 Å². The Kier molecular flexibility index (Phi) is 5.64. The lowest BCUT2D eigenvalue weighted by Gasteiger charge is -2.15. The third-order valence-electron chi connectivity index (χ3n) is 4.33. The predicted octanol–water partition coefficient (Wildman–Crippen LogP) is 3.06. The molecule has 6 N–H and O–H groups in total. The van der Waals surface area contributed by atoms with Crippen LogP contribution in [0.3, 0.4) is 0 Å². The summed E-state index contributed by atoms with van der Waals surface area (Å²) < 4.78 is 0. The molecule has 0 aromatic heterocycles. The lowest BCUT2D eigenvalue weighted by molar-refractivity contribution is 0.0687. The molecule has 6 nitrogen and oxygen atoms in total. The second-order valence-corrected chi connectivity index (χ2v) is 6.22. The van der Waals surface area contributed by atoms with Crippen LogP contribution < -0.4 is 11.5 Å². The standard InChI is InChI=1S/C19H22N2O4/c1-11(10-13-5-3-7-15(17(13)21)19(24)25)8-9-12-4-2-6-14(16(12)20)18(22)23/h2-7,11H,8-10,20-21H2,1H3,(H,22,23)(H,24,25). The molecule has 0 amide bonds. The molecule has 0 radical (unpaired) electrons. The van der Waals surface area contributed by atoms with Gasteiger partial charge in [0.1, 0.15) is 0 Å². The molecule has 25 heavy (non-hydrogen) atoms. The van der Waals surface area contributed by atoms with E-state index in [1.165, 1.54) is 12.1 Å². The number of aromatic carboxylic acids is 2. The number of nitrogen functional groups attached to an aromatic ring is 2. The summed E-state index contributed by atoms with van der Waals surface area (Å²) in [5.41, 5.74) is 14.3. The largest absolute Gasteiger partial charge is 0.478 e. The first-order valence-electron chi connectivity index (χ1n) is 8.02. The van der Waals surface area contributed by atoms with Gasteiger partial charge in [-0.25, -0.2) is 9.59 Å². The molecule has 132 valence electrons. The molecule has 2 aromatic rings. The lowest BCUT2D eigenvalue weighted by atomic mass is 9.92. The van der Waals surface area contributed by atoms with Crippen LogP contribution in [-0.2, 0) is 12.8 Å². The fraction of sp³-hybridized carbons (Fsp3) is 0.263. The van der Waals surface area contributed by atoms with Crippen molar-refractivity contribution < 1.29 is 19.8 Å². The summed E-state index contributed by atoms with van der Waals surface area (Å²) in [6.45, 7) is 2.05. The minimum absolute atomic E-state index is 0.114. The van der Waals surface area contributed by atoms with Crippen molar-refractivity contribution in [3.8, 4) is 0 Å². The summed E-state index contributed by atoms with van der Waals surface area (Å²) in [7, 11) is 0. The fourth-order valence-corrected chi connectivity index (χ4v) is 2.87. The SMILES string of the molecule is CC(CCc1cccc(C(=O)O)c1N)Cc1cccc(C(=O)O)c1N. The summed E-state index contributed by atoms with van der Waals surface area (Å²) in [6, 6.07) is 10.0. The van der Waals surface area contributed by atoms with Gasteiger partial charge in [-0.3, -0.25) is 0 Å². The van der Waals surface area contributed by atoms with E-state index < -0.39 is 11.9 Å². The number of hydrogen-bond donors (Lipinski definition) is 4. The minimum atomic E-state index is -1.04. The predicted molar refractivity (Wildman–Crippen MR) is 96.8 cm³/mol. The molecule has 0 aliphatic carbocycles. The van der Waals surface area contributed by atoms with Crippen LogP contribution in [0.4, 0.5) is 11.4 Å². The highest BCUT2D eigenvalue weighted by Crippen LogP contribution is 2.25. The molecule has 0 spiro atoms. The van der Waals surface area contributed by atoms with Crippen molar-refractivity contribution in [1.82, 2.24) is 0 Å². The van der Waals surface area contributed by atoms with Crippen LogP contribution in [0.1, 0.15) is 45.2 Å². The van der Waals surface area contributed by atoms with E-state index in [1.807, 2.05) is 19.1 Å². The van der Waals surface area contributed by atoms with E-state index in [1.54, 1.807) is 12.1 Å². The Hall–Kier alpha value is -3.02. The number of carboxylic acids is 2. The van der Waals surface area contributed by atoms with Gasteiger partial charge in [-0.2, -0.15) is 0 Å². The number of carboxylic acid groups (broad SMARTS) is 2. The molecule has 2 rings (SSSR count). The summed E-state index contributed by atoms with van der Waals surface area (Å²) in [6.07, 6.45) is 2.07. The Balaban J connectivity index is 2.06.